The number of amides is 1. The van der Waals surface area contributed by atoms with Crippen molar-refractivity contribution in [3.63, 3.8) is 0 Å². The summed E-state index contributed by atoms with van der Waals surface area (Å²) in [6.45, 7) is 6.03. The van der Waals surface area contributed by atoms with E-state index in [1.165, 1.54) is 15.7 Å². The van der Waals surface area contributed by atoms with Crippen molar-refractivity contribution in [1.82, 2.24) is 14.3 Å². The highest BCUT2D eigenvalue weighted by Crippen LogP contribution is 2.20. The van der Waals surface area contributed by atoms with E-state index < -0.39 is 0 Å². The molecule has 1 amide bonds. The van der Waals surface area contributed by atoms with Crippen LogP contribution in [0.15, 0.2) is 35.3 Å². The van der Waals surface area contributed by atoms with E-state index in [2.05, 4.69) is 4.98 Å². The number of aromatic nitrogens is 2. The molecule has 1 aliphatic rings. The molecule has 0 unspecified atom stereocenters. The number of ether oxygens (including phenoxy) is 1. The molecule has 0 N–H and O–H groups in total. The molecular weight excluding hydrogens is 374 g/mol. The Balaban J connectivity index is 1.70. The van der Waals surface area contributed by atoms with Gasteiger partial charge in [-0.05, 0) is 31.1 Å². The van der Waals surface area contributed by atoms with Gasteiger partial charge in [-0.1, -0.05) is 41.7 Å². The zero-order valence-electron chi connectivity index (χ0n) is 15.8. The van der Waals surface area contributed by atoms with E-state index in [-0.39, 0.29) is 11.5 Å². The molecule has 0 atom stereocenters. The second-order valence-electron chi connectivity index (χ2n) is 6.77. The van der Waals surface area contributed by atoms with Crippen LogP contribution in [-0.2, 0) is 4.74 Å². The third-order valence-corrected chi connectivity index (χ3v) is 5.88. The molecule has 1 saturated heterocycles. The maximum atomic E-state index is 12.8. The lowest BCUT2D eigenvalue weighted by Gasteiger charge is -2.26. The van der Waals surface area contributed by atoms with Crippen LogP contribution in [0.5, 0.6) is 0 Å². The Morgan fingerprint density at radius 3 is 2.68 bits per heavy atom. The summed E-state index contributed by atoms with van der Waals surface area (Å²) in [6, 6.07) is 8.04. The molecule has 1 aromatic carbocycles. The molecule has 0 radical (unpaired) electrons. The molecule has 6 nitrogen and oxygen atoms in total. The molecule has 28 heavy (non-hydrogen) atoms. The average molecular weight is 395 g/mol. The maximum absolute atomic E-state index is 12.8. The van der Waals surface area contributed by atoms with Gasteiger partial charge in [0, 0.05) is 24.8 Å². The lowest BCUT2D eigenvalue weighted by molar-refractivity contribution is 0.0306. The van der Waals surface area contributed by atoms with E-state index >= 15 is 0 Å². The summed E-state index contributed by atoms with van der Waals surface area (Å²) < 4.78 is 6.77. The number of carbonyl (C=O) groups is 1. The van der Waals surface area contributed by atoms with Crippen LogP contribution in [0.4, 0.5) is 0 Å². The first-order valence-corrected chi connectivity index (χ1v) is 10.00. The lowest BCUT2D eigenvalue weighted by atomic mass is 10.1. The fourth-order valence-corrected chi connectivity index (χ4v) is 4.12. The fraction of sp³-hybridized carbons (Fsp3) is 0.286. The summed E-state index contributed by atoms with van der Waals surface area (Å²) in [4.78, 5) is 32.9. The monoisotopic (exact) mass is 395 g/mol. The number of benzene rings is 1. The number of aryl methyl sites for hydroxylation is 1. The number of morpholine rings is 1. The van der Waals surface area contributed by atoms with E-state index in [4.69, 9.17) is 4.74 Å². The highest BCUT2D eigenvalue weighted by molar-refractivity contribution is 7.18. The first-order valence-electron chi connectivity index (χ1n) is 9.18. The highest BCUT2D eigenvalue weighted by Gasteiger charge is 2.22. The van der Waals surface area contributed by atoms with E-state index in [9.17, 15) is 9.59 Å². The number of thiazole rings is 1. The van der Waals surface area contributed by atoms with Crippen molar-refractivity contribution in [3.8, 4) is 0 Å². The van der Waals surface area contributed by atoms with Crippen LogP contribution in [0.25, 0.3) is 17.1 Å². The molecule has 0 saturated carbocycles. The van der Waals surface area contributed by atoms with Crippen molar-refractivity contribution in [3.05, 3.63) is 68.1 Å². The number of hydrogen-bond donors (Lipinski definition) is 0. The predicted molar refractivity (Wildman–Crippen MR) is 111 cm³/mol. The molecular formula is C21H21N3O3S. The summed E-state index contributed by atoms with van der Waals surface area (Å²) in [6.07, 6.45) is 5.44. The summed E-state index contributed by atoms with van der Waals surface area (Å²) >= 11 is 1.25. The van der Waals surface area contributed by atoms with E-state index in [1.807, 2.05) is 43.3 Å². The van der Waals surface area contributed by atoms with Crippen LogP contribution in [0.1, 0.15) is 32.1 Å². The normalized spacial score (nSPS) is 14.9. The fourth-order valence-electron chi connectivity index (χ4n) is 3.17. The third-order valence-electron chi connectivity index (χ3n) is 4.91. The Hall–Kier alpha value is -2.77. The van der Waals surface area contributed by atoms with Crippen molar-refractivity contribution in [1.29, 1.82) is 0 Å². The van der Waals surface area contributed by atoms with Gasteiger partial charge in [0.25, 0.3) is 11.5 Å². The van der Waals surface area contributed by atoms with Gasteiger partial charge in [-0.15, -0.1) is 0 Å². The minimum Gasteiger partial charge on any atom is -0.378 e. The van der Waals surface area contributed by atoms with Crippen LogP contribution in [0.3, 0.4) is 0 Å². The molecule has 1 aliphatic heterocycles. The van der Waals surface area contributed by atoms with Crippen LogP contribution in [0, 0.1) is 13.8 Å². The van der Waals surface area contributed by atoms with Crippen LogP contribution < -0.4 is 5.56 Å². The predicted octanol–water partition coefficient (Wildman–Crippen LogP) is 3.02. The Kier molecular flexibility index (Phi) is 5.11. The van der Waals surface area contributed by atoms with E-state index in [0.29, 0.717) is 47.4 Å². The van der Waals surface area contributed by atoms with Crippen molar-refractivity contribution in [2.24, 2.45) is 0 Å². The molecule has 0 bridgehead atoms. The molecule has 3 heterocycles. The van der Waals surface area contributed by atoms with Crippen LogP contribution in [0.2, 0.25) is 0 Å². The van der Waals surface area contributed by atoms with E-state index in [1.54, 1.807) is 18.0 Å². The molecule has 0 spiro atoms. The average Bonchev–Trinajstić information content (AvgIpc) is 3.15. The first kappa shape index (κ1) is 18.6. The quantitative estimate of drug-likeness (QED) is 0.684. The van der Waals surface area contributed by atoms with Gasteiger partial charge in [0.2, 0.25) is 0 Å². The molecule has 0 aliphatic carbocycles. The second-order valence-corrected chi connectivity index (χ2v) is 7.78. The van der Waals surface area contributed by atoms with Gasteiger partial charge in [-0.25, -0.2) is 4.98 Å². The second kappa shape index (κ2) is 7.69. The van der Waals surface area contributed by atoms with Crippen molar-refractivity contribution < 1.29 is 9.53 Å². The molecule has 4 rings (SSSR count). The zero-order valence-corrected chi connectivity index (χ0v) is 16.7. The SMILES string of the molecule is Cc1ccccc1C=Cc1nc2sc(C(=O)N3CCOCC3)cn2c(=O)c1C. The Labute approximate surface area is 166 Å². The van der Waals surface area contributed by atoms with Crippen LogP contribution in [-0.4, -0.2) is 46.5 Å². The lowest BCUT2D eigenvalue weighted by Crippen LogP contribution is -2.40. The molecule has 7 heteroatoms. The zero-order chi connectivity index (χ0) is 19.7. The van der Waals surface area contributed by atoms with Gasteiger partial charge >= 0.3 is 0 Å². The maximum Gasteiger partial charge on any atom is 0.265 e. The van der Waals surface area contributed by atoms with Crippen LogP contribution >= 0.6 is 11.3 Å². The van der Waals surface area contributed by atoms with Gasteiger partial charge in [0.1, 0.15) is 4.88 Å². The number of fused-ring (bicyclic) bond motifs is 1. The minimum absolute atomic E-state index is 0.0761. The third kappa shape index (κ3) is 3.50. The molecule has 2 aromatic heterocycles. The van der Waals surface area contributed by atoms with E-state index in [0.717, 1.165) is 11.1 Å². The summed E-state index contributed by atoms with van der Waals surface area (Å²) in [5, 5.41) is 0. The Morgan fingerprint density at radius 2 is 1.93 bits per heavy atom. The van der Waals surface area contributed by atoms with Crippen molar-refractivity contribution >= 4 is 34.4 Å². The molecule has 1 fully saturated rings. The number of nitrogens with zero attached hydrogens (tertiary/aromatic N) is 3. The van der Waals surface area contributed by atoms with Gasteiger partial charge in [0.15, 0.2) is 4.96 Å². The van der Waals surface area contributed by atoms with Crippen molar-refractivity contribution in [2.45, 2.75) is 13.8 Å². The summed E-state index contributed by atoms with van der Waals surface area (Å²) in [5.41, 5.74) is 3.28. The first-order chi connectivity index (χ1) is 13.5. The minimum atomic E-state index is -0.147. The smallest absolute Gasteiger partial charge is 0.265 e. The largest absolute Gasteiger partial charge is 0.378 e. The van der Waals surface area contributed by atoms with Gasteiger partial charge in [-0.2, -0.15) is 0 Å². The number of carbonyl (C=O) groups excluding carboxylic acids is 1. The Morgan fingerprint density at radius 1 is 1.18 bits per heavy atom. The van der Waals surface area contributed by atoms with Gasteiger partial charge in [0.05, 0.1) is 18.9 Å². The summed E-state index contributed by atoms with van der Waals surface area (Å²) in [5.74, 6) is -0.0761. The standard InChI is InChI=1S/C21H21N3O3S/c1-14-5-3-4-6-16(14)7-8-17-15(2)19(25)24-13-18(28-21(24)22-17)20(26)23-9-11-27-12-10-23/h3-8,13H,9-12H2,1-2H3. The highest BCUT2D eigenvalue weighted by atomic mass is 32.1. The molecule has 3 aromatic rings. The number of rotatable bonds is 3. The molecule has 144 valence electrons. The number of hydrogen-bond acceptors (Lipinski definition) is 5. The van der Waals surface area contributed by atoms with Gasteiger partial charge in [-0.3, -0.25) is 14.0 Å². The van der Waals surface area contributed by atoms with Crippen molar-refractivity contribution in [2.75, 3.05) is 26.3 Å². The van der Waals surface area contributed by atoms with Gasteiger partial charge < -0.3 is 9.64 Å². The topological polar surface area (TPSA) is 63.9 Å². The Bertz CT molecular complexity index is 1120. The summed E-state index contributed by atoms with van der Waals surface area (Å²) in [7, 11) is 0.